The molecule has 0 saturated heterocycles. The van der Waals surface area contributed by atoms with Crippen molar-refractivity contribution < 1.29 is 41.0 Å². The van der Waals surface area contributed by atoms with Crippen molar-refractivity contribution in [3.8, 4) is 0 Å². The van der Waals surface area contributed by atoms with Crippen molar-refractivity contribution >= 4 is 21.8 Å². The lowest BCUT2D eigenvalue weighted by atomic mass is 10.4. The minimum Gasteiger partial charge on any atom is -0.550 e. The van der Waals surface area contributed by atoms with E-state index in [1.54, 1.807) is 0 Å². The first-order valence-corrected chi connectivity index (χ1v) is 5.36. The van der Waals surface area contributed by atoms with E-state index in [4.69, 9.17) is 0 Å². The Hall–Kier alpha value is -1.32. The Morgan fingerprint density at radius 2 is 1.75 bits per heavy atom. The standard InChI is InChI=1S/C6H7F3O6S/c7-6(8,9)16(13,14)2-1-15-5(12)3-4(10)11/h1-3H2,(H,10,11)/p-1. The van der Waals surface area contributed by atoms with Gasteiger partial charge in [-0.25, -0.2) is 8.42 Å². The summed E-state index contributed by atoms with van der Waals surface area (Å²) in [6, 6.07) is 0. The molecule has 0 rings (SSSR count). The fourth-order valence-corrected chi connectivity index (χ4v) is 1.08. The number of carboxylic acid groups (broad SMARTS) is 1. The van der Waals surface area contributed by atoms with Crippen LogP contribution in [0.25, 0.3) is 0 Å². The second kappa shape index (κ2) is 5.14. The number of halogens is 3. The van der Waals surface area contributed by atoms with Crippen molar-refractivity contribution in [1.82, 2.24) is 0 Å². The molecule has 0 N–H and O–H groups in total. The van der Waals surface area contributed by atoms with Crippen molar-refractivity contribution in [1.29, 1.82) is 0 Å². The molecule has 0 spiro atoms. The smallest absolute Gasteiger partial charge is 0.497 e. The van der Waals surface area contributed by atoms with Gasteiger partial charge in [0, 0.05) is 0 Å². The van der Waals surface area contributed by atoms with E-state index in [9.17, 15) is 36.3 Å². The summed E-state index contributed by atoms with van der Waals surface area (Å²) < 4.78 is 60.0. The molecule has 0 saturated carbocycles. The van der Waals surface area contributed by atoms with Crippen LogP contribution in [0.1, 0.15) is 6.42 Å². The molecule has 0 aromatic heterocycles. The van der Waals surface area contributed by atoms with Crippen LogP contribution < -0.4 is 5.11 Å². The number of carbonyl (C=O) groups is 2. The summed E-state index contributed by atoms with van der Waals surface area (Å²) in [5.41, 5.74) is -5.42. The molecule has 0 atom stereocenters. The third-order valence-electron chi connectivity index (χ3n) is 1.26. The maximum absolute atomic E-state index is 11.7. The quantitative estimate of drug-likeness (QED) is 0.447. The van der Waals surface area contributed by atoms with E-state index < -0.39 is 46.1 Å². The molecule has 0 heterocycles. The first kappa shape index (κ1) is 14.7. The van der Waals surface area contributed by atoms with Gasteiger partial charge in [-0.2, -0.15) is 13.2 Å². The van der Waals surface area contributed by atoms with Crippen LogP contribution in [0.2, 0.25) is 0 Å². The Bertz CT molecular complexity index is 370. The highest BCUT2D eigenvalue weighted by Gasteiger charge is 2.45. The number of carboxylic acids is 1. The molecule has 0 aromatic rings. The van der Waals surface area contributed by atoms with E-state index >= 15 is 0 Å². The lowest BCUT2D eigenvalue weighted by molar-refractivity contribution is -0.305. The topological polar surface area (TPSA) is 101 Å². The largest absolute Gasteiger partial charge is 0.550 e. The SMILES string of the molecule is O=C([O-])CC(=O)OCCS(=O)(=O)C(F)(F)F. The van der Waals surface area contributed by atoms with Crippen molar-refractivity contribution in [2.24, 2.45) is 0 Å². The fourth-order valence-electron chi connectivity index (χ4n) is 0.550. The summed E-state index contributed by atoms with van der Waals surface area (Å²) in [4.78, 5) is 20.3. The Labute approximate surface area is 87.9 Å². The van der Waals surface area contributed by atoms with E-state index in [0.717, 1.165) is 0 Å². The van der Waals surface area contributed by atoms with Crippen LogP contribution in [0.3, 0.4) is 0 Å². The maximum Gasteiger partial charge on any atom is 0.497 e. The highest BCUT2D eigenvalue weighted by Crippen LogP contribution is 2.23. The number of ether oxygens (including phenoxy) is 1. The van der Waals surface area contributed by atoms with Crippen molar-refractivity contribution in [3.05, 3.63) is 0 Å². The molecule has 0 aliphatic heterocycles. The van der Waals surface area contributed by atoms with Gasteiger partial charge in [0.2, 0.25) is 0 Å². The molecule has 0 aliphatic carbocycles. The molecular formula is C6H6F3O6S-. The van der Waals surface area contributed by atoms with E-state index in [-0.39, 0.29) is 0 Å². The van der Waals surface area contributed by atoms with Gasteiger partial charge in [0.25, 0.3) is 9.84 Å². The molecule has 10 heteroatoms. The van der Waals surface area contributed by atoms with Gasteiger partial charge in [0.1, 0.15) is 6.61 Å². The van der Waals surface area contributed by atoms with E-state index in [1.165, 1.54) is 0 Å². The van der Waals surface area contributed by atoms with Crippen LogP contribution >= 0.6 is 0 Å². The molecule has 16 heavy (non-hydrogen) atoms. The van der Waals surface area contributed by atoms with Gasteiger partial charge in [-0.05, 0) is 0 Å². The highest BCUT2D eigenvalue weighted by molar-refractivity contribution is 7.92. The van der Waals surface area contributed by atoms with Crippen LogP contribution in [0, 0.1) is 0 Å². The van der Waals surface area contributed by atoms with Gasteiger partial charge in [0.15, 0.2) is 0 Å². The molecule has 0 bridgehead atoms. The lowest BCUT2D eigenvalue weighted by Gasteiger charge is -2.08. The summed E-state index contributed by atoms with van der Waals surface area (Å²) >= 11 is 0. The van der Waals surface area contributed by atoms with Gasteiger partial charge < -0.3 is 14.6 Å². The monoisotopic (exact) mass is 263 g/mol. The number of hydrogen-bond acceptors (Lipinski definition) is 6. The van der Waals surface area contributed by atoms with Crippen molar-refractivity contribution in [2.45, 2.75) is 11.9 Å². The summed E-state index contributed by atoms with van der Waals surface area (Å²) in [6.45, 7) is -1.06. The summed E-state index contributed by atoms with van der Waals surface area (Å²) in [7, 11) is -5.36. The molecule has 0 fully saturated rings. The summed E-state index contributed by atoms with van der Waals surface area (Å²) in [5, 5.41) is 9.82. The number of aliphatic carboxylic acids is 1. The number of alkyl halides is 3. The predicted molar refractivity (Wildman–Crippen MR) is 40.4 cm³/mol. The summed E-state index contributed by atoms with van der Waals surface area (Å²) in [5.74, 6) is -4.59. The van der Waals surface area contributed by atoms with E-state index in [2.05, 4.69) is 4.74 Å². The lowest BCUT2D eigenvalue weighted by Crippen LogP contribution is -2.30. The average Bonchev–Trinajstić information content (AvgIpc) is 1.99. The number of rotatable bonds is 5. The average molecular weight is 263 g/mol. The molecule has 0 aliphatic rings. The Morgan fingerprint density at radius 1 is 1.25 bits per heavy atom. The van der Waals surface area contributed by atoms with Crippen LogP contribution in [0.15, 0.2) is 0 Å². The normalized spacial score (nSPS) is 12.2. The van der Waals surface area contributed by atoms with E-state index in [0.29, 0.717) is 0 Å². The second-order valence-electron chi connectivity index (χ2n) is 2.53. The summed E-state index contributed by atoms with van der Waals surface area (Å²) in [6.07, 6.45) is -1.15. The van der Waals surface area contributed by atoms with Gasteiger partial charge >= 0.3 is 11.5 Å². The minimum atomic E-state index is -5.42. The van der Waals surface area contributed by atoms with Gasteiger partial charge in [-0.1, -0.05) is 0 Å². The zero-order chi connectivity index (χ0) is 13.0. The van der Waals surface area contributed by atoms with Gasteiger partial charge in [0.05, 0.1) is 18.1 Å². The number of esters is 1. The predicted octanol–water partition coefficient (Wildman–Crippen LogP) is -1.40. The highest BCUT2D eigenvalue weighted by atomic mass is 32.2. The first-order valence-electron chi connectivity index (χ1n) is 3.71. The zero-order valence-electron chi connectivity index (χ0n) is 7.61. The van der Waals surface area contributed by atoms with Gasteiger partial charge in [-0.3, -0.25) is 4.79 Å². The van der Waals surface area contributed by atoms with Crippen LogP contribution in [-0.2, 0) is 24.2 Å². The van der Waals surface area contributed by atoms with Crippen molar-refractivity contribution in [3.63, 3.8) is 0 Å². The number of sulfone groups is 1. The second-order valence-corrected chi connectivity index (χ2v) is 4.63. The Morgan fingerprint density at radius 3 is 2.12 bits per heavy atom. The fraction of sp³-hybridized carbons (Fsp3) is 0.667. The zero-order valence-corrected chi connectivity index (χ0v) is 8.43. The molecule has 0 radical (unpaired) electrons. The molecule has 0 unspecified atom stereocenters. The van der Waals surface area contributed by atoms with E-state index in [1.807, 2.05) is 0 Å². The molecule has 94 valence electrons. The number of carbonyl (C=O) groups excluding carboxylic acids is 2. The Kier molecular flexibility index (Phi) is 4.72. The molecule has 0 aromatic carbocycles. The van der Waals surface area contributed by atoms with Crippen LogP contribution in [-0.4, -0.2) is 38.2 Å². The Balaban J connectivity index is 4.10. The number of hydrogen-bond donors (Lipinski definition) is 0. The third-order valence-corrected chi connectivity index (χ3v) is 2.67. The van der Waals surface area contributed by atoms with Crippen LogP contribution in [0.4, 0.5) is 13.2 Å². The van der Waals surface area contributed by atoms with Crippen molar-refractivity contribution in [2.75, 3.05) is 12.4 Å². The third kappa shape index (κ3) is 4.96. The molecule has 6 nitrogen and oxygen atoms in total. The minimum absolute atomic E-state index is 1.06. The first-order chi connectivity index (χ1) is 7.06. The van der Waals surface area contributed by atoms with Crippen LogP contribution in [0.5, 0.6) is 0 Å². The van der Waals surface area contributed by atoms with Gasteiger partial charge in [-0.15, -0.1) is 0 Å². The molecular weight excluding hydrogens is 257 g/mol. The maximum atomic E-state index is 11.7. The molecule has 0 amide bonds.